The number of carbonyl (C=O) groups excluding carboxylic acids is 1. The van der Waals surface area contributed by atoms with Crippen LogP contribution in [0.1, 0.15) is 36.5 Å². The molecular formula is C28H23F3N6OS. The maximum absolute atomic E-state index is 12.8. The van der Waals surface area contributed by atoms with E-state index in [-0.39, 0.29) is 11.8 Å². The lowest BCUT2D eigenvalue weighted by atomic mass is 10.0. The average Bonchev–Trinajstić information content (AvgIpc) is 3.56. The zero-order chi connectivity index (χ0) is 27.6. The van der Waals surface area contributed by atoms with Crippen LogP contribution < -0.4 is 4.90 Å². The minimum atomic E-state index is -4.39. The third-order valence-electron chi connectivity index (χ3n) is 6.04. The molecule has 0 aliphatic carbocycles. The van der Waals surface area contributed by atoms with Gasteiger partial charge < -0.3 is 0 Å². The number of para-hydroxylation sites is 1. The van der Waals surface area contributed by atoms with Gasteiger partial charge in [0.15, 0.2) is 11.0 Å². The van der Waals surface area contributed by atoms with E-state index in [4.69, 9.17) is 0 Å². The number of benzene rings is 3. The molecule has 0 spiro atoms. The average molecular weight is 549 g/mol. The third kappa shape index (κ3) is 5.78. The smallest absolute Gasteiger partial charge is 0.273 e. The summed E-state index contributed by atoms with van der Waals surface area (Å²) >= 11 is 1.35. The highest BCUT2D eigenvalue weighted by atomic mass is 32.2. The van der Waals surface area contributed by atoms with Crippen LogP contribution in [0.5, 0.6) is 0 Å². The number of aromatic nitrogens is 3. The molecule has 4 aromatic rings. The molecule has 2 heterocycles. The predicted molar refractivity (Wildman–Crippen MR) is 147 cm³/mol. The lowest BCUT2D eigenvalue weighted by molar-refractivity contribution is -0.137. The highest BCUT2D eigenvalue weighted by Gasteiger charge is 2.32. The number of anilines is 1. The molecule has 1 aromatic heterocycles. The first-order valence-electron chi connectivity index (χ1n) is 12.1. The lowest BCUT2D eigenvalue weighted by Crippen LogP contribution is -2.30. The molecule has 0 saturated carbocycles. The number of alkyl halides is 3. The second-order valence-electron chi connectivity index (χ2n) is 9.04. The number of halogens is 3. The van der Waals surface area contributed by atoms with Crippen molar-refractivity contribution in [3.63, 3.8) is 0 Å². The van der Waals surface area contributed by atoms with E-state index in [1.807, 2.05) is 48.5 Å². The molecule has 1 saturated heterocycles. The molecule has 5 rings (SSSR count). The van der Waals surface area contributed by atoms with Gasteiger partial charge in [0.25, 0.3) is 0 Å². The summed E-state index contributed by atoms with van der Waals surface area (Å²) in [4.78, 5) is 18.5. The molecule has 1 aliphatic rings. The van der Waals surface area contributed by atoms with Crippen LogP contribution in [-0.2, 0) is 11.0 Å². The normalized spacial score (nSPS) is 15.3. The molecule has 0 radical (unpaired) electrons. The number of amidine groups is 1. The van der Waals surface area contributed by atoms with E-state index in [1.54, 1.807) is 11.1 Å². The molecule has 0 bridgehead atoms. The van der Waals surface area contributed by atoms with Crippen LogP contribution in [0.4, 0.5) is 18.9 Å². The standard InChI is InChI=1S/C28H23F3N6OS/c1-18(2)23-5-3-4-6-24(23)37-25(38)16-39-27(37)34-33-15-19-7-9-20(10-8-19)26-32-17-36(35-26)22-13-11-21(12-14-22)28(29,30)31/h3-15,17-18H,16H2,1-2H3. The molecule has 1 aliphatic heterocycles. The van der Waals surface area contributed by atoms with Gasteiger partial charge in [0, 0.05) is 5.56 Å². The van der Waals surface area contributed by atoms with Crippen molar-refractivity contribution >= 4 is 34.7 Å². The van der Waals surface area contributed by atoms with Crippen molar-refractivity contribution in [2.45, 2.75) is 25.9 Å². The Hall–Kier alpha value is -4.25. The van der Waals surface area contributed by atoms with Gasteiger partial charge in [0.1, 0.15) is 6.33 Å². The topological polar surface area (TPSA) is 75.7 Å². The molecule has 0 N–H and O–H groups in total. The summed E-state index contributed by atoms with van der Waals surface area (Å²) in [5.74, 6) is 0.953. The van der Waals surface area contributed by atoms with Gasteiger partial charge in [-0.15, -0.1) is 10.2 Å². The number of rotatable bonds is 6. The predicted octanol–water partition coefficient (Wildman–Crippen LogP) is 6.55. The van der Waals surface area contributed by atoms with Gasteiger partial charge in [-0.2, -0.15) is 18.3 Å². The van der Waals surface area contributed by atoms with Crippen molar-refractivity contribution < 1.29 is 18.0 Å². The fraction of sp³-hybridized carbons (Fsp3) is 0.179. The van der Waals surface area contributed by atoms with Gasteiger partial charge in [0.2, 0.25) is 5.91 Å². The number of amides is 1. The summed E-state index contributed by atoms with van der Waals surface area (Å²) < 4.78 is 39.9. The van der Waals surface area contributed by atoms with Crippen molar-refractivity contribution in [3.05, 3.63) is 95.8 Å². The first-order chi connectivity index (χ1) is 18.7. The molecular weight excluding hydrogens is 525 g/mol. The van der Waals surface area contributed by atoms with Crippen molar-refractivity contribution in [2.75, 3.05) is 10.7 Å². The Balaban J connectivity index is 1.29. The van der Waals surface area contributed by atoms with E-state index in [0.717, 1.165) is 34.5 Å². The number of thioether (sulfide) groups is 1. The summed E-state index contributed by atoms with van der Waals surface area (Å²) in [5, 5.41) is 13.4. The van der Waals surface area contributed by atoms with Crippen LogP contribution in [0.15, 0.2) is 89.3 Å². The van der Waals surface area contributed by atoms with Crippen LogP contribution in [0, 0.1) is 0 Å². The summed E-state index contributed by atoms with van der Waals surface area (Å²) in [5.41, 5.74) is 3.16. The molecule has 1 fully saturated rings. The van der Waals surface area contributed by atoms with E-state index < -0.39 is 11.7 Å². The summed E-state index contributed by atoms with van der Waals surface area (Å²) in [6.07, 6.45) is -1.34. The Morgan fingerprint density at radius 3 is 2.41 bits per heavy atom. The van der Waals surface area contributed by atoms with Crippen LogP contribution in [0.2, 0.25) is 0 Å². The Morgan fingerprint density at radius 2 is 1.72 bits per heavy atom. The monoisotopic (exact) mass is 548 g/mol. The second kappa shape index (κ2) is 10.9. The SMILES string of the molecule is CC(C)c1ccccc1N1C(=O)CSC1=NN=Cc1ccc(-c2ncn(-c3ccc(C(F)(F)F)cc3)n2)cc1. The van der Waals surface area contributed by atoms with Gasteiger partial charge in [-0.3, -0.25) is 9.69 Å². The molecule has 0 unspecified atom stereocenters. The van der Waals surface area contributed by atoms with Crippen molar-refractivity contribution in [1.29, 1.82) is 0 Å². The van der Waals surface area contributed by atoms with Crippen molar-refractivity contribution in [2.24, 2.45) is 10.2 Å². The minimum Gasteiger partial charge on any atom is -0.273 e. The quantitative estimate of drug-likeness (QED) is 0.202. The first kappa shape index (κ1) is 26.4. The molecule has 1 amide bonds. The zero-order valence-corrected chi connectivity index (χ0v) is 21.8. The Labute approximate surface area is 227 Å². The van der Waals surface area contributed by atoms with E-state index in [0.29, 0.717) is 22.4 Å². The molecule has 198 valence electrons. The van der Waals surface area contributed by atoms with Gasteiger partial charge in [0.05, 0.1) is 28.9 Å². The Bertz CT molecular complexity index is 1540. The van der Waals surface area contributed by atoms with Crippen LogP contribution in [0.3, 0.4) is 0 Å². The van der Waals surface area contributed by atoms with Crippen LogP contribution >= 0.6 is 11.8 Å². The second-order valence-corrected chi connectivity index (χ2v) is 9.98. The number of hydrogen-bond donors (Lipinski definition) is 0. The number of carbonyl (C=O) groups is 1. The van der Waals surface area contributed by atoms with E-state index >= 15 is 0 Å². The number of hydrogen-bond acceptors (Lipinski definition) is 6. The van der Waals surface area contributed by atoms with Gasteiger partial charge in [-0.1, -0.05) is 68.1 Å². The maximum atomic E-state index is 12.8. The minimum absolute atomic E-state index is 0.0327. The summed E-state index contributed by atoms with van der Waals surface area (Å²) in [6, 6.07) is 19.8. The van der Waals surface area contributed by atoms with E-state index in [9.17, 15) is 18.0 Å². The molecule has 11 heteroatoms. The molecule has 0 atom stereocenters. The summed E-state index contributed by atoms with van der Waals surface area (Å²) in [6.45, 7) is 4.17. The Morgan fingerprint density at radius 1 is 1.00 bits per heavy atom. The lowest BCUT2D eigenvalue weighted by Gasteiger charge is -2.20. The summed E-state index contributed by atoms with van der Waals surface area (Å²) in [7, 11) is 0. The van der Waals surface area contributed by atoms with Crippen molar-refractivity contribution in [1.82, 2.24) is 14.8 Å². The van der Waals surface area contributed by atoms with Gasteiger partial charge in [-0.25, -0.2) is 9.67 Å². The van der Waals surface area contributed by atoms with Gasteiger partial charge in [-0.05, 0) is 47.4 Å². The Kier molecular flexibility index (Phi) is 7.34. The largest absolute Gasteiger partial charge is 0.416 e. The first-order valence-corrected chi connectivity index (χ1v) is 13.0. The van der Waals surface area contributed by atoms with Crippen molar-refractivity contribution in [3.8, 4) is 17.1 Å². The van der Waals surface area contributed by atoms with E-state index in [2.05, 4.69) is 34.1 Å². The maximum Gasteiger partial charge on any atom is 0.416 e. The molecule has 7 nitrogen and oxygen atoms in total. The highest BCUT2D eigenvalue weighted by molar-refractivity contribution is 8.15. The van der Waals surface area contributed by atoms with Crippen LogP contribution in [0.25, 0.3) is 17.1 Å². The third-order valence-corrected chi connectivity index (χ3v) is 6.95. The van der Waals surface area contributed by atoms with Crippen LogP contribution in [-0.4, -0.2) is 37.8 Å². The van der Waals surface area contributed by atoms with E-state index in [1.165, 1.54) is 34.9 Å². The fourth-order valence-electron chi connectivity index (χ4n) is 4.04. The van der Waals surface area contributed by atoms with Gasteiger partial charge >= 0.3 is 6.18 Å². The number of nitrogens with zero attached hydrogens (tertiary/aromatic N) is 6. The fourth-order valence-corrected chi connectivity index (χ4v) is 4.85. The zero-order valence-electron chi connectivity index (χ0n) is 21.0. The molecule has 3 aromatic carbocycles. The molecule has 39 heavy (non-hydrogen) atoms. The highest BCUT2D eigenvalue weighted by Crippen LogP contribution is 2.33.